The molecule has 3 aromatic heterocycles. The Morgan fingerprint density at radius 3 is 2.71 bits per heavy atom. The van der Waals surface area contributed by atoms with Gasteiger partial charge in [0.05, 0.1) is 24.7 Å². The molecule has 1 aromatic carbocycles. The number of anilines is 2. The smallest absolute Gasteiger partial charge is 0.262 e. The van der Waals surface area contributed by atoms with E-state index >= 15 is 4.39 Å². The van der Waals surface area contributed by atoms with E-state index in [1.807, 2.05) is 13.1 Å². The second-order valence-electron chi connectivity index (χ2n) is 8.84. The number of fused-ring (bicyclic) bond motifs is 2. The largest absolute Gasteiger partial charge is 0.478 e. The highest BCUT2D eigenvalue weighted by molar-refractivity contribution is 6.14. The van der Waals surface area contributed by atoms with Crippen LogP contribution in [0.15, 0.2) is 24.7 Å². The first-order valence-corrected chi connectivity index (χ1v) is 11.7. The summed E-state index contributed by atoms with van der Waals surface area (Å²) in [6, 6.07) is 1.92. The van der Waals surface area contributed by atoms with Crippen molar-refractivity contribution in [2.24, 2.45) is 7.05 Å². The fourth-order valence-corrected chi connectivity index (χ4v) is 4.80. The van der Waals surface area contributed by atoms with Gasteiger partial charge < -0.3 is 20.3 Å². The zero-order chi connectivity index (χ0) is 24.7. The van der Waals surface area contributed by atoms with Crippen molar-refractivity contribution in [2.75, 3.05) is 37.0 Å². The first kappa shape index (κ1) is 23.0. The Hall–Kier alpha value is -3.73. The van der Waals surface area contributed by atoms with Crippen molar-refractivity contribution < 1.29 is 13.9 Å². The van der Waals surface area contributed by atoms with Crippen LogP contribution in [0.5, 0.6) is 5.88 Å². The summed E-state index contributed by atoms with van der Waals surface area (Å²) >= 11 is 0. The molecule has 1 fully saturated rings. The standard InChI is InChI=1S/C24H29FN8O2/c1-5-26-15-6-8-32(9-7-15)18-10-17(25)20(21-16(18)12-31(3)30-21)23(34)29-19-13-33-11-14(2)27-24(35-4)22(33)28-19/h10-13,15,26H,5-9H2,1-4H3,(H,29,34). The van der Waals surface area contributed by atoms with Gasteiger partial charge in [-0.1, -0.05) is 6.92 Å². The van der Waals surface area contributed by atoms with E-state index in [1.54, 1.807) is 28.5 Å². The number of ether oxygens (including phenoxy) is 1. The quantitative estimate of drug-likeness (QED) is 0.438. The summed E-state index contributed by atoms with van der Waals surface area (Å²) in [5.74, 6) is -0.628. The van der Waals surface area contributed by atoms with Crippen molar-refractivity contribution in [3.8, 4) is 5.88 Å². The van der Waals surface area contributed by atoms with Crippen molar-refractivity contribution in [1.82, 2.24) is 29.5 Å². The minimum Gasteiger partial charge on any atom is -0.478 e. The first-order chi connectivity index (χ1) is 16.9. The summed E-state index contributed by atoms with van der Waals surface area (Å²) in [6.07, 6.45) is 7.20. The molecule has 2 N–H and O–H groups in total. The Labute approximate surface area is 202 Å². The lowest BCUT2D eigenvalue weighted by atomic mass is 10.0. The fourth-order valence-electron chi connectivity index (χ4n) is 4.80. The number of aryl methyl sites for hydroxylation is 2. The van der Waals surface area contributed by atoms with Crippen molar-refractivity contribution >= 4 is 34.0 Å². The van der Waals surface area contributed by atoms with Crippen LogP contribution in [0.25, 0.3) is 16.6 Å². The normalized spacial score (nSPS) is 14.7. The number of piperidine rings is 1. The van der Waals surface area contributed by atoms with Crippen LogP contribution in [-0.4, -0.2) is 62.8 Å². The summed E-state index contributed by atoms with van der Waals surface area (Å²) in [5, 5.41) is 11.4. The van der Waals surface area contributed by atoms with Crippen molar-refractivity contribution in [2.45, 2.75) is 32.7 Å². The first-order valence-electron chi connectivity index (χ1n) is 11.7. The number of methoxy groups -OCH3 is 1. The molecule has 4 aromatic rings. The molecule has 5 rings (SSSR count). The van der Waals surface area contributed by atoms with Crippen LogP contribution < -0.4 is 20.3 Å². The highest BCUT2D eigenvalue weighted by Gasteiger charge is 2.26. The van der Waals surface area contributed by atoms with Gasteiger partial charge >= 0.3 is 0 Å². The van der Waals surface area contributed by atoms with Crippen molar-refractivity contribution in [3.05, 3.63) is 41.7 Å². The summed E-state index contributed by atoms with van der Waals surface area (Å²) in [7, 11) is 3.27. The molecule has 1 aliphatic heterocycles. The van der Waals surface area contributed by atoms with Gasteiger partial charge in [0, 0.05) is 44.0 Å². The lowest BCUT2D eigenvalue weighted by Crippen LogP contribution is -2.42. The van der Waals surface area contributed by atoms with E-state index in [0.717, 1.165) is 49.2 Å². The molecule has 4 heterocycles. The van der Waals surface area contributed by atoms with Gasteiger partial charge in [-0.15, -0.1) is 0 Å². The maximum atomic E-state index is 15.5. The van der Waals surface area contributed by atoms with Crippen molar-refractivity contribution in [3.63, 3.8) is 0 Å². The molecule has 1 aliphatic rings. The minimum atomic E-state index is -0.615. The summed E-state index contributed by atoms with van der Waals surface area (Å²) in [6.45, 7) is 6.49. The molecule has 0 unspecified atom stereocenters. The van der Waals surface area contributed by atoms with Crippen LogP contribution in [-0.2, 0) is 7.05 Å². The van der Waals surface area contributed by atoms with Crippen LogP contribution in [0.1, 0.15) is 35.8 Å². The topological polar surface area (TPSA) is 102 Å². The van der Waals surface area contributed by atoms with Crippen LogP contribution in [0.2, 0.25) is 0 Å². The molecule has 35 heavy (non-hydrogen) atoms. The average Bonchev–Trinajstić information content (AvgIpc) is 3.40. The van der Waals surface area contributed by atoms with Crippen LogP contribution in [0.4, 0.5) is 15.9 Å². The van der Waals surface area contributed by atoms with Gasteiger partial charge in [0.25, 0.3) is 11.8 Å². The maximum absolute atomic E-state index is 15.5. The highest BCUT2D eigenvalue weighted by Crippen LogP contribution is 2.33. The molecular formula is C24H29FN8O2. The number of nitrogens with one attached hydrogen (secondary N) is 2. The zero-order valence-electron chi connectivity index (χ0n) is 20.3. The molecule has 1 amide bonds. The predicted molar refractivity (Wildman–Crippen MR) is 132 cm³/mol. The van der Waals surface area contributed by atoms with Gasteiger partial charge in [-0.25, -0.2) is 14.4 Å². The lowest BCUT2D eigenvalue weighted by Gasteiger charge is -2.34. The van der Waals surface area contributed by atoms with E-state index in [-0.39, 0.29) is 11.4 Å². The molecule has 0 radical (unpaired) electrons. The van der Waals surface area contributed by atoms with Gasteiger partial charge in [0.2, 0.25) is 5.65 Å². The molecule has 1 saturated heterocycles. The Kier molecular flexibility index (Phi) is 6.01. The third-order valence-electron chi connectivity index (χ3n) is 6.36. The number of amides is 1. The second-order valence-corrected chi connectivity index (χ2v) is 8.84. The monoisotopic (exact) mass is 480 g/mol. The van der Waals surface area contributed by atoms with E-state index in [1.165, 1.54) is 13.2 Å². The minimum absolute atomic E-state index is 0.106. The number of hydrogen-bond acceptors (Lipinski definition) is 7. The number of halogens is 1. The second kappa shape index (κ2) is 9.14. The van der Waals surface area contributed by atoms with Gasteiger partial charge in [0.1, 0.15) is 16.9 Å². The maximum Gasteiger partial charge on any atom is 0.262 e. The summed E-state index contributed by atoms with van der Waals surface area (Å²) < 4.78 is 24.1. The number of rotatable bonds is 6. The Balaban J connectivity index is 1.47. The number of imidazole rings is 1. The van der Waals surface area contributed by atoms with E-state index in [9.17, 15) is 4.79 Å². The average molecular weight is 481 g/mol. The van der Waals surface area contributed by atoms with E-state index in [0.29, 0.717) is 23.1 Å². The molecule has 10 nitrogen and oxygen atoms in total. The van der Waals surface area contributed by atoms with Crippen LogP contribution >= 0.6 is 0 Å². The molecule has 0 saturated carbocycles. The number of carbonyl (C=O) groups excluding carboxylic acids is 1. The molecular weight excluding hydrogens is 451 g/mol. The number of aromatic nitrogens is 5. The molecule has 0 aliphatic carbocycles. The van der Waals surface area contributed by atoms with Crippen LogP contribution in [0, 0.1) is 12.7 Å². The van der Waals surface area contributed by atoms with Crippen LogP contribution in [0.3, 0.4) is 0 Å². The lowest BCUT2D eigenvalue weighted by molar-refractivity contribution is 0.102. The molecule has 184 valence electrons. The molecule has 0 bridgehead atoms. The molecule has 11 heteroatoms. The summed E-state index contributed by atoms with van der Waals surface area (Å²) in [5.41, 5.74) is 2.16. The third-order valence-corrected chi connectivity index (χ3v) is 6.36. The fraction of sp³-hybridized carbons (Fsp3) is 0.417. The number of hydrogen-bond donors (Lipinski definition) is 2. The number of benzene rings is 1. The molecule has 0 spiro atoms. The highest BCUT2D eigenvalue weighted by atomic mass is 19.1. The third kappa shape index (κ3) is 4.27. The summed E-state index contributed by atoms with van der Waals surface area (Å²) in [4.78, 5) is 24.1. The van der Waals surface area contributed by atoms with Gasteiger partial charge in [0.15, 0.2) is 5.82 Å². The van der Waals surface area contributed by atoms with Gasteiger partial charge in [-0.2, -0.15) is 5.10 Å². The van der Waals surface area contributed by atoms with Gasteiger partial charge in [-0.3, -0.25) is 13.9 Å². The Bertz CT molecular complexity index is 1400. The van der Waals surface area contributed by atoms with E-state index in [2.05, 4.69) is 37.5 Å². The molecule has 0 atom stereocenters. The van der Waals surface area contributed by atoms with E-state index < -0.39 is 11.7 Å². The Morgan fingerprint density at radius 2 is 2.00 bits per heavy atom. The Morgan fingerprint density at radius 1 is 1.23 bits per heavy atom. The zero-order valence-corrected chi connectivity index (χ0v) is 20.3. The van der Waals surface area contributed by atoms with Crippen molar-refractivity contribution in [1.29, 1.82) is 0 Å². The SMILES string of the molecule is CCNC1CCN(c2cc(F)c(C(=O)Nc3cn4cc(C)nc(OC)c4n3)c3nn(C)cc23)CC1. The van der Waals surface area contributed by atoms with E-state index in [4.69, 9.17) is 4.74 Å². The van der Waals surface area contributed by atoms with Gasteiger partial charge in [-0.05, 0) is 32.4 Å². The predicted octanol–water partition coefficient (Wildman–Crippen LogP) is 2.90. The number of nitrogens with zero attached hydrogens (tertiary/aromatic N) is 6. The number of carbonyl (C=O) groups is 1.